The second-order valence-corrected chi connectivity index (χ2v) is 4.25. The molecule has 5 heteroatoms. The van der Waals surface area contributed by atoms with Crippen LogP contribution in [0.4, 0.5) is 0 Å². The van der Waals surface area contributed by atoms with Crippen molar-refractivity contribution in [2.45, 2.75) is 25.6 Å². The Morgan fingerprint density at radius 2 is 2.11 bits per heavy atom. The van der Waals surface area contributed by atoms with E-state index in [2.05, 4.69) is 5.43 Å². The van der Waals surface area contributed by atoms with Gasteiger partial charge in [-0.1, -0.05) is 18.2 Å². The molecule has 5 nitrogen and oxygen atoms in total. The van der Waals surface area contributed by atoms with Crippen molar-refractivity contribution in [3.63, 3.8) is 0 Å². The van der Waals surface area contributed by atoms with Crippen LogP contribution in [0, 0.1) is 0 Å². The Morgan fingerprint density at radius 3 is 2.83 bits per heavy atom. The van der Waals surface area contributed by atoms with Gasteiger partial charge in [-0.05, 0) is 24.5 Å². The largest absolute Gasteiger partial charge is 0.381 e. The minimum atomic E-state index is -0.291. The molecule has 0 atom stereocenters. The molecule has 1 aliphatic rings. The van der Waals surface area contributed by atoms with E-state index < -0.39 is 0 Å². The highest BCUT2D eigenvalue weighted by Gasteiger charge is 2.16. The Labute approximate surface area is 106 Å². The number of hydrogen-bond donors (Lipinski definition) is 2. The average molecular weight is 250 g/mol. The van der Waals surface area contributed by atoms with E-state index in [9.17, 15) is 4.79 Å². The Morgan fingerprint density at radius 1 is 1.39 bits per heavy atom. The van der Waals surface area contributed by atoms with Crippen molar-refractivity contribution in [3.05, 3.63) is 35.4 Å². The van der Waals surface area contributed by atoms with Crippen LogP contribution in [-0.4, -0.2) is 25.2 Å². The maximum absolute atomic E-state index is 11.6. The molecule has 1 aromatic rings. The summed E-state index contributed by atoms with van der Waals surface area (Å²) in [5.41, 5.74) is 3.56. The molecule has 0 unspecified atom stereocenters. The van der Waals surface area contributed by atoms with Gasteiger partial charge in [0, 0.05) is 18.8 Å². The van der Waals surface area contributed by atoms with Crippen LogP contribution in [-0.2, 0) is 16.1 Å². The number of amides is 1. The van der Waals surface area contributed by atoms with Gasteiger partial charge in [-0.3, -0.25) is 10.2 Å². The molecule has 98 valence electrons. The van der Waals surface area contributed by atoms with Crippen molar-refractivity contribution >= 4 is 5.91 Å². The molecule has 2 rings (SSSR count). The predicted molar refractivity (Wildman–Crippen MR) is 66.7 cm³/mol. The number of ether oxygens (including phenoxy) is 2. The number of nitrogens with one attached hydrogen (secondary N) is 1. The number of carbonyl (C=O) groups is 1. The molecule has 1 saturated heterocycles. The fraction of sp³-hybridized carbons (Fsp3) is 0.462. The van der Waals surface area contributed by atoms with Gasteiger partial charge in [-0.2, -0.15) is 0 Å². The predicted octanol–water partition coefficient (Wildman–Crippen LogP) is 0.986. The van der Waals surface area contributed by atoms with Gasteiger partial charge in [-0.25, -0.2) is 5.84 Å². The molecule has 0 aliphatic carbocycles. The van der Waals surface area contributed by atoms with E-state index >= 15 is 0 Å². The first kappa shape index (κ1) is 13.0. The summed E-state index contributed by atoms with van der Waals surface area (Å²) in [6, 6.07) is 7.31. The lowest BCUT2D eigenvalue weighted by molar-refractivity contribution is -0.0392. The van der Waals surface area contributed by atoms with Crippen molar-refractivity contribution in [2.75, 3.05) is 13.2 Å². The summed E-state index contributed by atoms with van der Waals surface area (Å²) in [5.74, 6) is 4.86. The van der Waals surface area contributed by atoms with Gasteiger partial charge >= 0.3 is 0 Å². The van der Waals surface area contributed by atoms with Crippen LogP contribution >= 0.6 is 0 Å². The first-order chi connectivity index (χ1) is 8.81. The van der Waals surface area contributed by atoms with E-state index in [4.69, 9.17) is 15.3 Å². The van der Waals surface area contributed by atoms with E-state index in [0.29, 0.717) is 12.2 Å². The molecule has 0 radical (unpaired) electrons. The summed E-state index contributed by atoms with van der Waals surface area (Å²) in [7, 11) is 0. The summed E-state index contributed by atoms with van der Waals surface area (Å²) in [4.78, 5) is 11.6. The fourth-order valence-corrected chi connectivity index (χ4v) is 2.00. The third-order valence-electron chi connectivity index (χ3n) is 3.04. The highest BCUT2D eigenvalue weighted by atomic mass is 16.5. The number of hydrogen-bond acceptors (Lipinski definition) is 4. The third kappa shape index (κ3) is 3.29. The van der Waals surface area contributed by atoms with Gasteiger partial charge in [0.2, 0.25) is 0 Å². The van der Waals surface area contributed by atoms with Gasteiger partial charge in [-0.15, -0.1) is 0 Å². The monoisotopic (exact) mass is 250 g/mol. The van der Waals surface area contributed by atoms with E-state index in [0.717, 1.165) is 31.6 Å². The molecule has 1 heterocycles. The lowest BCUT2D eigenvalue weighted by Crippen LogP contribution is -2.31. The third-order valence-corrected chi connectivity index (χ3v) is 3.04. The van der Waals surface area contributed by atoms with E-state index in [-0.39, 0.29) is 12.0 Å². The van der Waals surface area contributed by atoms with Crippen molar-refractivity contribution in [1.29, 1.82) is 0 Å². The molecule has 0 aromatic heterocycles. The van der Waals surface area contributed by atoms with Crippen LogP contribution in [0.1, 0.15) is 28.8 Å². The average Bonchev–Trinajstić information content (AvgIpc) is 2.45. The number of nitrogens with two attached hydrogens (primary N) is 1. The molecular weight excluding hydrogens is 232 g/mol. The van der Waals surface area contributed by atoms with Crippen LogP contribution in [0.5, 0.6) is 0 Å². The Balaban J connectivity index is 1.97. The molecule has 0 bridgehead atoms. The number of nitrogen functional groups attached to an aromatic ring is 1. The van der Waals surface area contributed by atoms with Crippen LogP contribution in [0.25, 0.3) is 0 Å². The number of benzene rings is 1. The van der Waals surface area contributed by atoms with E-state index in [1.807, 2.05) is 18.2 Å². The Kier molecular flexibility index (Phi) is 4.69. The van der Waals surface area contributed by atoms with Crippen molar-refractivity contribution in [3.8, 4) is 0 Å². The minimum Gasteiger partial charge on any atom is -0.381 e. The molecular formula is C13H18N2O3. The molecule has 18 heavy (non-hydrogen) atoms. The smallest absolute Gasteiger partial charge is 0.265 e. The summed E-state index contributed by atoms with van der Waals surface area (Å²) in [6.07, 6.45) is 2.03. The summed E-state index contributed by atoms with van der Waals surface area (Å²) < 4.78 is 11.1. The van der Waals surface area contributed by atoms with Crippen molar-refractivity contribution in [2.24, 2.45) is 5.84 Å². The lowest BCUT2D eigenvalue weighted by Gasteiger charge is -2.22. The molecule has 0 spiro atoms. The van der Waals surface area contributed by atoms with Crippen LogP contribution in [0.2, 0.25) is 0 Å². The first-order valence-corrected chi connectivity index (χ1v) is 6.09. The number of carbonyl (C=O) groups excluding carboxylic acids is 1. The summed E-state index contributed by atoms with van der Waals surface area (Å²) in [6.45, 7) is 1.92. The second-order valence-electron chi connectivity index (χ2n) is 4.25. The normalized spacial score (nSPS) is 16.5. The minimum absolute atomic E-state index is 0.216. The van der Waals surface area contributed by atoms with Gasteiger partial charge in [0.05, 0.1) is 12.7 Å². The van der Waals surface area contributed by atoms with Crippen LogP contribution < -0.4 is 11.3 Å². The number of rotatable bonds is 4. The van der Waals surface area contributed by atoms with Gasteiger partial charge in [0.1, 0.15) is 0 Å². The SMILES string of the molecule is NNC(=O)c1ccccc1COC1CCOCC1. The molecule has 1 fully saturated rings. The van der Waals surface area contributed by atoms with E-state index in [1.165, 1.54) is 0 Å². The van der Waals surface area contributed by atoms with Gasteiger partial charge in [0.25, 0.3) is 5.91 Å². The lowest BCUT2D eigenvalue weighted by atomic mass is 10.1. The molecule has 3 N–H and O–H groups in total. The standard InChI is InChI=1S/C13H18N2O3/c14-15-13(16)12-4-2-1-3-10(12)9-18-11-5-7-17-8-6-11/h1-4,11H,5-9,14H2,(H,15,16). The highest BCUT2D eigenvalue weighted by Crippen LogP contribution is 2.15. The molecule has 0 saturated carbocycles. The van der Waals surface area contributed by atoms with Crippen molar-refractivity contribution < 1.29 is 14.3 Å². The van der Waals surface area contributed by atoms with Gasteiger partial charge in [0.15, 0.2) is 0 Å². The maximum Gasteiger partial charge on any atom is 0.265 e. The highest BCUT2D eigenvalue weighted by molar-refractivity contribution is 5.95. The first-order valence-electron chi connectivity index (χ1n) is 6.09. The zero-order chi connectivity index (χ0) is 12.8. The zero-order valence-electron chi connectivity index (χ0n) is 10.2. The topological polar surface area (TPSA) is 73.6 Å². The maximum atomic E-state index is 11.6. The van der Waals surface area contributed by atoms with Gasteiger partial charge < -0.3 is 9.47 Å². The Bertz CT molecular complexity index is 403. The molecule has 1 amide bonds. The summed E-state index contributed by atoms with van der Waals surface area (Å²) in [5, 5.41) is 0. The zero-order valence-corrected chi connectivity index (χ0v) is 10.2. The quantitative estimate of drug-likeness (QED) is 0.475. The van der Waals surface area contributed by atoms with E-state index in [1.54, 1.807) is 6.07 Å². The second kappa shape index (κ2) is 6.49. The van der Waals surface area contributed by atoms with Crippen molar-refractivity contribution in [1.82, 2.24) is 5.43 Å². The Hall–Kier alpha value is -1.43. The van der Waals surface area contributed by atoms with Crippen LogP contribution in [0.3, 0.4) is 0 Å². The number of hydrazine groups is 1. The molecule has 1 aliphatic heterocycles. The summed E-state index contributed by atoms with van der Waals surface area (Å²) >= 11 is 0. The van der Waals surface area contributed by atoms with Crippen LogP contribution in [0.15, 0.2) is 24.3 Å². The fourth-order valence-electron chi connectivity index (χ4n) is 2.00. The molecule has 1 aromatic carbocycles.